The van der Waals surface area contributed by atoms with Crippen molar-refractivity contribution in [2.45, 2.75) is 12.8 Å². The Labute approximate surface area is 286 Å². The molecule has 0 amide bonds. The van der Waals surface area contributed by atoms with Gasteiger partial charge in [0.2, 0.25) is 0 Å². The highest BCUT2D eigenvalue weighted by molar-refractivity contribution is 7.27. The van der Waals surface area contributed by atoms with Crippen molar-refractivity contribution in [3.05, 3.63) is 169 Å². The van der Waals surface area contributed by atoms with E-state index in [0.29, 0.717) is 0 Å². The number of allylic oxidation sites excluding steroid dienone is 4. The fourth-order valence-electron chi connectivity index (χ4n) is 7.45. The maximum absolute atomic E-state index is 2.56. The standard InChI is InChI=1S/C44H30N2S2/c1-4-14-38-31(9-1)27-28-45(38)32-23-19-29(20-24-32)30-21-25-33(26-22-30)46(39-15-7-12-36-34-10-2-5-17-41(34)47-43(36)39)40-16-8-13-37-35-11-3-6-18-42(35)48-44(37)40/h1-21,23-25,27-28H,22,26H2. The molecule has 0 radical (unpaired) electrons. The number of para-hydroxylation sites is 1. The first-order valence-corrected chi connectivity index (χ1v) is 18.1. The molecular weight excluding hydrogens is 621 g/mol. The molecule has 0 fully saturated rings. The van der Waals surface area contributed by atoms with Gasteiger partial charge < -0.3 is 9.47 Å². The van der Waals surface area contributed by atoms with Crippen LogP contribution in [0.4, 0.5) is 11.4 Å². The second-order valence-corrected chi connectivity index (χ2v) is 14.6. The lowest BCUT2D eigenvalue weighted by atomic mass is 9.94. The number of rotatable bonds is 5. The Morgan fingerprint density at radius 3 is 1.75 bits per heavy atom. The first-order valence-electron chi connectivity index (χ1n) is 16.5. The second kappa shape index (κ2) is 11.1. The van der Waals surface area contributed by atoms with Crippen molar-refractivity contribution in [2.24, 2.45) is 0 Å². The predicted molar refractivity (Wildman–Crippen MR) is 209 cm³/mol. The van der Waals surface area contributed by atoms with Crippen molar-refractivity contribution in [3.8, 4) is 5.69 Å². The van der Waals surface area contributed by atoms with Crippen LogP contribution >= 0.6 is 22.7 Å². The fraction of sp³-hybridized carbons (Fsp3) is 0.0455. The Balaban J connectivity index is 1.10. The molecule has 0 spiro atoms. The molecule has 9 aromatic rings. The molecule has 0 bridgehead atoms. The van der Waals surface area contributed by atoms with Crippen LogP contribution in [0.3, 0.4) is 0 Å². The summed E-state index contributed by atoms with van der Waals surface area (Å²) < 4.78 is 7.60. The fourth-order valence-corrected chi connectivity index (χ4v) is 9.87. The second-order valence-electron chi connectivity index (χ2n) is 12.5. The molecule has 4 heteroatoms. The van der Waals surface area contributed by atoms with Crippen molar-refractivity contribution < 1.29 is 0 Å². The Morgan fingerprint density at radius 1 is 0.500 bits per heavy atom. The minimum atomic E-state index is 0.957. The third-order valence-electron chi connectivity index (χ3n) is 9.78. The molecule has 1 aliphatic rings. The van der Waals surface area contributed by atoms with Crippen LogP contribution in [0, 0.1) is 0 Å². The summed E-state index contributed by atoms with van der Waals surface area (Å²) in [7, 11) is 0. The normalized spacial score (nSPS) is 13.5. The van der Waals surface area contributed by atoms with Crippen molar-refractivity contribution in [1.29, 1.82) is 0 Å². The summed E-state index contributed by atoms with van der Waals surface area (Å²) in [5.74, 6) is 0. The molecule has 6 aromatic carbocycles. The van der Waals surface area contributed by atoms with Crippen LogP contribution in [0.25, 0.3) is 62.5 Å². The average Bonchev–Trinajstić information content (AvgIpc) is 3.86. The topological polar surface area (TPSA) is 8.17 Å². The Morgan fingerprint density at radius 2 is 1.10 bits per heavy atom. The quantitative estimate of drug-likeness (QED) is 0.180. The van der Waals surface area contributed by atoms with Crippen molar-refractivity contribution >= 4 is 90.9 Å². The molecule has 228 valence electrons. The molecule has 0 saturated heterocycles. The highest BCUT2D eigenvalue weighted by Crippen LogP contribution is 2.48. The Hall–Kier alpha value is -5.42. The lowest BCUT2D eigenvalue weighted by Crippen LogP contribution is -2.18. The summed E-state index contributed by atoms with van der Waals surface area (Å²) in [4.78, 5) is 2.56. The van der Waals surface area contributed by atoms with Crippen molar-refractivity contribution in [3.63, 3.8) is 0 Å². The summed E-state index contributed by atoms with van der Waals surface area (Å²) in [5, 5.41) is 6.57. The zero-order valence-electron chi connectivity index (χ0n) is 26.1. The zero-order valence-corrected chi connectivity index (χ0v) is 27.8. The van der Waals surface area contributed by atoms with E-state index in [1.54, 1.807) is 0 Å². The number of anilines is 2. The van der Waals surface area contributed by atoms with Gasteiger partial charge in [-0.2, -0.15) is 0 Å². The Bertz CT molecular complexity index is 2620. The Kier molecular flexibility index (Phi) is 6.39. The number of aromatic nitrogens is 1. The summed E-state index contributed by atoms with van der Waals surface area (Å²) in [6, 6.07) is 51.1. The molecule has 0 N–H and O–H groups in total. The molecule has 1 aliphatic carbocycles. The van der Waals surface area contributed by atoms with Gasteiger partial charge in [-0.05, 0) is 84.0 Å². The lowest BCUT2D eigenvalue weighted by Gasteiger charge is -2.30. The number of fused-ring (bicyclic) bond motifs is 7. The molecular formula is C44H30N2S2. The highest BCUT2D eigenvalue weighted by atomic mass is 32.1. The zero-order chi connectivity index (χ0) is 31.6. The van der Waals surface area contributed by atoms with E-state index < -0.39 is 0 Å². The molecule has 48 heavy (non-hydrogen) atoms. The molecule has 0 aliphatic heterocycles. The largest absolute Gasteiger partial charge is 0.317 e. The number of benzene rings is 6. The molecule has 10 rings (SSSR count). The van der Waals surface area contributed by atoms with Gasteiger partial charge >= 0.3 is 0 Å². The van der Waals surface area contributed by atoms with E-state index in [1.165, 1.54) is 85.1 Å². The average molecular weight is 651 g/mol. The van der Waals surface area contributed by atoms with Crippen LogP contribution in [0.2, 0.25) is 0 Å². The number of hydrogen-bond donors (Lipinski definition) is 0. The van der Waals surface area contributed by atoms with Gasteiger partial charge in [0.1, 0.15) is 0 Å². The van der Waals surface area contributed by atoms with E-state index in [9.17, 15) is 0 Å². The van der Waals surface area contributed by atoms with Crippen LogP contribution in [0.5, 0.6) is 0 Å². The van der Waals surface area contributed by atoms with Gasteiger partial charge in [0.05, 0.1) is 26.3 Å². The number of thiophene rings is 2. The van der Waals surface area contributed by atoms with E-state index >= 15 is 0 Å². The van der Waals surface area contributed by atoms with Crippen molar-refractivity contribution in [2.75, 3.05) is 4.90 Å². The van der Waals surface area contributed by atoms with Gasteiger partial charge in [-0.25, -0.2) is 0 Å². The third kappa shape index (κ3) is 4.37. The highest BCUT2D eigenvalue weighted by Gasteiger charge is 2.24. The van der Waals surface area contributed by atoms with Crippen LogP contribution in [0.15, 0.2) is 164 Å². The third-order valence-corrected chi connectivity index (χ3v) is 12.2. The van der Waals surface area contributed by atoms with Crippen LogP contribution < -0.4 is 4.90 Å². The first kappa shape index (κ1) is 27.7. The van der Waals surface area contributed by atoms with Crippen LogP contribution in [0.1, 0.15) is 18.4 Å². The van der Waals surface area contributed by atoms with Gasteiger partial charge in [-0.3, -0.25) is 0 Å². The van der Waals surface area contributed by atoms with E-state index in [4.69, 9.17) is 0 Å². The smallest absolute Gasteiger partial charge is 0.0637 e. The minimum absolute atomic E-state index is 0.957. The van der Waals surface area contributed by atoms with Crippen LogP contribution in [-0.4, -0.2) is 4.57 Å². The monoisotopic (exact) mass is 650 g/mol. The van der Waals surface area contributed by atoms with E-state index in [2.05, 4.69) is 167 Å². The van der Waals surface area contributed by atoms with E-state index in [1.807, 2.05) is 22.7 Å². The molecule has 0 unspecified atom stereocenters. The predicted octanol–water partition coefficient (Wildman–Crippen LogP) is 13.3. The number of nitrogens with zero attached hydrogens (tertiary/aromatic N) is 2. The van der Waals surface area contributed by atoms with E-state index in [-0.39, 0.29) is 0 Å². The van der Waals surface area contributed by atoms with Gasteiger partial charge in [-0.15, -0.1) is 22.7 Å². The summed E-state index contributed by atoms with van der Waals surface area (Å²) >= 11 is 3.80. The summed E-state index contributed by atoms with van der Waals surface area (Å²) in [5.41, 5.74) is 8.92. The first-order chi connectivity index (χ1) is 23.8. The maximum atomic E-state index is 2.56. The van der Waals surface area contributed by atoms with Crippen LogP contribution in [-0.2, 0) is 0 Å². The number of hydrogen-bond acceptors (Lipinski definition) is 3. The minimum Gasteiger partial charge on any atom is -0.317 e. The lowest BCUT2D eigenvalue weighted by molar-refractivity contribution is 0.934. The van der Waals surface area contributed by atoms with Crippen molar-refractivity contribution in [1.82, 2.24) is 4.57 Å². The maximum Gasteiger partial charge on any atom is 0.0637 e. The molecule has 3 aromatic heterocycles. The summed E-state index contributed by atoms with van der Waals surface area (Å²) in [6.07, 6.45) is 8.82. The molecule has 0 saturated carbocycles. The summed E-state index contributed by atoms with van der Waals surface area (Å²) in [6.45, 7) is 0. The molecule has 2 nitrogen and oxygen atoms in total. The molecule has 0 atom stereocenters. The van der Waals surface area contributed by atoms with Gasteiger partial charge in [-0.1, -0.05) is 97.1 Å². The molecule has 3 heterocycles. The van der Waals surface area contributed by atoms with Gasteiger partial charge in [0, 0.05) is 48.5 Å². The van der Waals surface area contributed by atoms with E-state index in [0.717, 1.165) is 12.8 Å². The van der Waals surface area contributed by atoms with Gasteiger partial charge in [0.15, 0.2) is 0 Å². The van der Waals surface area contributed by atoms with Gasteiger partial charge in [0.25, 0.3) is 0 Å². The SMILES string of the molecule is C1=C(c2ccc(-n3ccc4ccccc43)cc2)CCC(N(c2cccc3c2sc2ccccc23)c2cccc3c2sc2ccccc23)=C1.